The summed E-state index contributed by atoms with van der Waals surface area (Å²) in [5.74, 6) is -0.205. The molecule has 1 aromatic heterocycles. The predicted molar refractivity (Wildman–Crippen MR) is 64.1 cm³/mol. The summed E-state index contributed by atoms with van der Waals surface area (Å²) in [6.45, 7) is 0.571. The first-order valence-corrected chi connectivity index (χ1v) is 6.97. The molecule has 0 aliphatic heterocycles. The molecule has 0 aliphatic rings. The molecular weight excluding hydrogens is 240 g/mol. The van der Waals surface area contributed by atoms with Gasteiger partial charge in [0.1, 0.15) is 0 Å². The van der Waals surface area contributed by atoms with E-state index in [0.717, 1.165) is 11.0 Å². The molecule has 0 fully saturated rings. The van der Waals surface area contributed by atoms with E-state index in [2.05, 4.69) is 0 Å². The smallest absolute Gasteiger partial charge is 0.265 e. The fraction of sp³-hybridized carbons (Fsp3) is 0.364. The summed E-state index contributed by atoms with van der Waals surface area (Å²) in [4.78, 5) is 0. The second-order valence-corrected chi connectivity index (χ2v) is 5.62. The normalized spacial score (nSPS) is 12.1. The van der Waals surface area contributed by atoms with Crippen LogP contribution in [-0.2, 0) is 23.7 Å². The van der Waals surface area contributed by atoms with Crippen molar-refractivity contribution in [3.8, 4) is 0 Å². The second-order valence-electron chi connectivity index (χ2n) is 4.05. The molecule has 5 nitrogen and oxygen atoms in total. The Labute approximate surface area is 100 Å². The predicted octanol–water partition coefficient (Wildman–Crippen LogP) is 0.744. The van der Waals surface area contributed by atoms with Gasteiger partial charge in [0.2, 0.25) is 6.33 Å². The van der Waals surface area contributed by atoms with Crippen LogP contribution in [0.2, 0.25) is 0 Å². The number of hydrogen-bond acceptors (Lipinski definition) is 2. The molecular formula is C11H15N2O3S+. The maximum absolute atomic E-state index is 10.6. The largest absolute Gasteiger partial charge is 0.286 e. The molecule has 6 heteroatoms. The highest BCUT2D eigenvalue weighted by molar-refractivity contribution is 7.85. The van der Waals surface area contributed by atoms with Crippen LogP contribution in [-0.4, -0.2) is 23.3 Å². The Bertz CT molecular complexity index is 631. The Morgan fingerprint density at radius 3 is 2.76 bits per heavy atom. The number of aryl methyl sites for hydroxylation is 2. The molecule has 0 unspecified atom stereocenters. The van der Waals surface area contributed by atoms with Crippen molar-refractivity contribution in [2.45, 2.75) is 13.0 Å². The van der Waals surface area contributed by atoms with Gasteiger partial charge in [-0.2, -0.15) is 8.42 Å². The van der Waals surface area contributed by atoms with Crippen LogP contribution in [0.3, 0.4) is 0 Å². The molecule has 0 saturated heterocycles. The van der Waals surface area contributed by atoms with E-state index in [1.807, 2.05) is 46.8 Å². The van der Waals surface area contributed by atoms with E-state index < -0.39 is 10.1 Å². The van der Waals surface area contributed by atoms with Gasteiger partial charge in [-0.25, -0.2) is 9.13 Å². The highest BCUT2D eigenvalue weighted by Crippen LogP contribution is 2.08. The minimum Gasteiger partial charge on any atom is -0.286 e. The van der Waals surface area contributed by atoms with Crippen LogP contribution in [0.25, 0.3) is 11.0 Å². The zero-order valence-corrected chi connectivity index (χ0v) is 10.4. The maximum Gasteiger partial charge on any atom is 0.265 e. The van der Waals surface area contributed by atoms with Gasteiger partial charge >= 0.3 is 0 Å². The van der Waals surface area contributed by atoms with Crippen LogP contribution >= 0.6 is 0 Å². The van der Waals surface area contributed by atoms with Crippen LogP contribution in [0.4, 0.5) is 0 Å². The Balaban J connectivity index is 2.19. The molecule has 1 aromatic carbocycles. The third-order valence-corrected chi connectivity index (χ3v) is 3.49. The molecule has 0 atom stereocenters. The first kappa shape index (κ1) is 12.1. The lowest BCUT2D eigenvalue weighted by Gasteiger charge is -1.96. The fourth-order valence-electron chi connectivity index (χ4n) is 1.93. The van der Waals surface area contributed by atoms with Gasteiger partial charge in [-0.15, -0.1) is 0 Å². The average molecular weight is 255 g/mol. The van der Waals surface area contributed by atoms with Crippen molar-refractivity contribution in [2.75, 3.05) is 5.75 Å². The van der Waals surface area contributed by atoms with Crippen LogP contribution in [0.5, 0.6) is 0 Å². The SMILES string of the molecule is Cn1c[n+](CCCS(=O)(=O)O)c2ccccc21. The molecule has 0 saturated carbocycles. The van der Waals surface area contributed by atoms with Gasteiger partial charge in [0.15, 0.2) is 11.0 Å². The zero-order valence-electron chi connectivity index (χ0n) is 9.57. The number of rotatable bonds is 4. The Morgan fingerprint density at radius 1 is 1.35 bits per heavy atom. The number of aromatic nitrogens is 2. The lowest BCUT2D eigenvalue weighted by molar-refractivity contribution is -0.672. The average Bonchev–Trinajstić information content (AvgIpc) is 2.55. The van der Waals surface area contributed by atoms with Crippen LogP contribution < -0.4 is 4.57 Å². The minimum absolute atomic E-state index is 0.205. The molecule has 0 radical (unpaired) electrons. The number of benzene rings is 1. The lowest BCUT2D eigenvalue weighted by atomic mass is 10.3. The number of imidazole rings is 1. The number of hydrogen-bond donors (Lipinski definition) is 1. The van der Waals surface area contributed by atoms with Crippen LogP contribution in [0, 0.1) is 0 Å². The Kier molecular flexibility index (Phi) is 3.17. The summed E-state index contributed by atoms with van der Waals surface area (Å²) in [7, 11) is -1.91. The summed E-state index contributed by atoms with van der Waals surface area (Å²) in [5, 5.41) is 0. The maximum atomic E-state index is 10.6. The molecule has 1 heterocycles. The molecule has 2 aromatic rings. The molecule has 0 bridgehead atoms. The molecule has 1 N–H and O–H groups in total. The zero-order chi connectivity index (χ0) is 12.5. The quantitative estimate of drug-likeness (QED) is 0.647. The van der Waals surface area contributed by atoms with Crippen molar-refractivity contribution in [2.24, 2.45) is 7.05 Å². The van der Waals surface area contributed by atoms with Crippen molar-refractivity contribution >= 4 is 21.2 Å². The van der Waals surface area contributed by atoms with Gasteiger partial charge < -0.3 is 0 Å². The Morgan fingerprint density at radius 2 is 2.06 bits per heavy atom. The van der Waals surface area contributed by atoms with E-state index in [1.165, 1.54) is 0 Å². The number of fused-ring (bicyclic) bond motifs is 1. The standard InChI is InChI=1S/C11H14N2O3S/c1-12-9-13(7-4-8-17(14,15)16)11-6-3-2-5-10(11)12/h2-3,5-6,9H,4,7-8H2,1H3/p+1. The third kappa shape index (κ3) is 2.83. The highest BCUT2D eigenvalue weighted by atomic mass is 32.2. The number of nitrogens with zero attached hydrogens (tertiary/aromatic N) is 2. The molecule has 0 aliphatic carbocycles. The summed E-state index contributed by atoms with van der Waals surface area (Å²) < 4.78 is 33.9. The lowest BCUT2D eigenvalue weighted by Crippen LogP contribution is -2.33. The number of para-hydroxylation sites is 2. The topological polar surface area (TPSA) is 63.2 Å². The van der Waals surface area contributed by atoms with E-state index in [4.69, 9.17) is 4.55 Å². The van der Waals surface area contributed by atoms with Crippen LogP contribution in [0.1, 0.15) is 6.42 Å². The van der Waals surface area contributed by atoms with E-state index in [1.54, 1.807) is 0 Å². The van der Waals surface area contributed by atoms with Gasteiger partial charge in [-0.3, -0.25) is 4.55 Å². The molecule has 0 spiro atoms. The van der Waals surface area contributed by atoms with Gasteiger partial charge in [0, 0.05) is 6.42 Å². The summed E-state index contributed by atoms with van der Waals surface area (Å²) in [5.41, 5.74) is 2.16. The van der Waals surface area contributed by atoms with E-state index in [0.29, 0.717) is 13.0 Å². The van der Waals surface area contributed by atoms with E-state index in [9.17, 15) is 8.42 Å². The fourth-order valence-corrected chi connectivity index (χ4v) is 2.43. The van der Waals surface area contributed by atoms with Crippen molar-refractivity contribution in [3.63, 3.8) is 0 Å². The summed E-state index contributed by atoms with van der Waals surface area (Å²) in [6, 6.07) is 7.91. The van der Waals surface area contributed by atoms with Crippen molar-refractivity contribution < 1.29 is 17.5 Å². The molecule has 17 heavy (non-hydrogen) atoms. The van der Waals surface area contributed by atoms with Crippen molar-refractivity contribution in [1.82, 2.24) is 4.57 Å². The van der Waals surface area contributed by atoms with E-state index >= 15 is 0 Å². The third-order valence-electron chi connectivity index (χ3n) is 2.69. The van der Waals surface area contributed by atoms with Gasteiger partial charge in [-0.1, -0.05) is 12.1 Å². The molecule has 92 valence electrons. The first-order chi connectivity index (χ1) is 7.97. The minimum atomic E-state index is -3.86. The first-order valence-electron chi connectivity index (χ1n) is 5.36. The van der Waals surface area contributed by atoms with Crippen LogP contribution in [0.15, 0.2) is 30.6 Å². The van der Waals surface area contributed by atoms with Gasteiger partial charge in [-0.05, 0) is 12.1 Å². The molecule has 2 rings (SSSR count). The summed E-state index contributed by atoms with van der Waals surface area (Å²) in [6.07, 6.45) is 2.33. The summed E-state index contributed by atoms with van der Waals surface area (Å²) >= 11 is 0. The second kappa shape index (κ2) is 4.46. The Hall–Kier alpha value is -1.40. The van der Waals surface area contributed by atoms with Gasteiger partial charge in [0.05, 0.1) is 19.3 Å². The highest BCUT2D eigenvalue weighted by Gasteiger charge is 2.13. The van der Waals surface area contributed by atoms with Crippen molar-refractivity contribution in [1.29, 1.82) is 0 Å². The van der Waals surface area contributed by atoms with Crippen molar-refractivity contribution in [3.05, 3.63) is 30.6 Å². The van der Waals surface area contributed by atoms with E-state index in [-0.39, 0.29) is 5.75 Å². The monoisotopic (exact) mass is 255 g/mol. The van der Waals surface area contributed by atoms with Gasteiger partial charge in [0.25, 0.3) is 10.1 Å². The molecule has 0 amide bonds.